The van der Waals surface area contributed by atoms with Crippen LogP contribution in [0.4, 0.5) is 0 Å². The molecule has 1 atom stereocenters. The summed E-state index contributed by atoms with van der Waals surface area (Å²) in [6.45, 7) is 2.00. The average molecular weight is 246 g/mol. The van der Waals surface area contributed by atoms with Crippen LogP contribution in [0.3, 0.4) is 0 Å². The Morgan fingerprint density at radius 2 is 2.08 bits per heavy atom. The Morgan fingerprint density at radius 3 is 2.69 bits per heavy atom. The van der Waals surface area contributed by atoms with Gasteiger partial charge in [0.25, 0.3) is 0 Å². The summed E-state index contributed by atoms with van der Waals surface area (Å²) < 4.78 is 0. The first-order chi connectivity index (χ1) is 6.27. The first-order valence-electron chi connectivity index (χ1n) is 5.20. The highest BCUT2D eigenvalue weighted by molar-refractivity contribution is 9.10. The van der Waals surface area contributed by atoms with Crippen molar-refractivity contribution in [1.29, 1.82) is 0 Å². The molecule has 2 nitrogen and oxygen atoms in total. The molecule has 0 spiro atoms. The van der Waals surface area contributed by atoms with Gasteiger partial charge in [-0.15, -0.1) is 0 Å². The third-order valence-electron chi connectivity index (χ3n) is 3.17. The summed E-state index contributed by atoms with van der Waals surface area (Å²) in [5.41, 5.74) is 0. The van der Waals surface area contributed by atoms with Gasteiger partial charge in [0, 0.05) is 13.1 Å². The van der Waals surface area contributed by atoms with Crippen molar-refractivity contribution in [2.45, 2.75) is 36.9 Å². The Bertz CT molecular complexity index is 203. The van der Waals surface area contributed by atoms with Gasteiger partial charge in [-0.1, -0.05) is 22.4 Å². The number of piperidine rings is 1. The number of likely N-dealkylation sites (tertiary alicyclic amines) is 1. The van der Waals surface area contributed by atoms with Gasteiger partial charge in [0.05, 0.1) is 4.83 Å². The van der Waals surface area contributed by atoms with Crippen molar-refractivity contribution in [3.8, 4) is 0 Å². The van der Waals surface area contributed by atoms with Crippen molar-refractivity contribution in [3.05, 3.63) is 0 Å². The van der Waals surface area contributed by atoms with Crippen LogP contribution in [0.25, 0.3) is 0 Å². The van der Waals surface area contributed by atoms with Crippen LogP contribution in [0, 0.1) is 5.92 Å². The van der Waals surface area contributed by atoms with E-state index in [4.69, 9.17) is 0 Å². The normalized spacial score (nSPS) is 30.4. The Kier molecular flexibility index (Phi) is 2.92. The van der Waals surface area contributed by atoms with Crippen LogP contribution >= 0.6 is 15.9 Å². The smallest absolute Gasteiger partial charge is 0.236 e. The number of carbonyl (C=O) groups excluding carboxylic acids is 1. The second-order valence-corrected chi connectivity index (χ2v) is 5.30. The highest BCUT2D eigenvalue weighted by atomic mass is 79.9. The van der Waals surface area contributed by atoms with E-state index in [1.54, 1.807) is 0 Å². The summed E-state index contributed by atoms with van der Waals surface area (Å²) in [5, 5.41) is 0. The van der Waals surface area contributed by atoms with Crippen LogP contribution in [-0.4, -0.2) is 28.7 Å². The third-order valence-corrected chi connectivity index (χ3v) is 4.02. The zero-order valence-electron chi connectivity index (χ0n) is 7.84. The predicted molar refractivity (Wildman–Crippen MR) is 55.9 cm³/mol. The summed E-state index contributed by atoms with van der Waals surface area (Å²) >= 11 is 3.43. The number of hydrogen-bond donors (Lipinski definition) is 0. The Morgan fingerprint density at radius 1 is 1.31 bits per heavy atom. The number of halogens is 1. The van der Waals surface area contributed by atoms with E-state index in [0.717, 1.165) is 31.8 Å². The molecule has 2 fully saturated rings. The number of rotatable bonds is 2. The van der Waals surface area contributed by atoms with Gasteiger partial charge in [0.1, 0.15) is 0 Å². The van der Waals surface area contributed by atoms with Crippen LogP contribution < -0.4 is 0 Å². The molecule has 1 saturated heterocycles. The van der Waals surface area contributed by atoms with E-state index < -0.39 is 0 Å². The molecule has 74 valence electrons. The zero-order chi connectivity index (χ0) is 9.26. The monoisotopic (exact) mass is 245 g/mol. The number of alkyl halides is 1. The van der Waals surface area contributed by atoms with Crippen LogP contribution in [-0.2, 0) is 4.79 Å². The molecule has 1 unspecified atom stereocenters. The fourth-order valence-corrected chi connectivity index (χ4v) is 2.67. The van der Waals surface area contributed by atoms with Crippen molar-refractivity contribution in [2.24, 2.45) is 5.92 Å². The second kappa shape index (κ2) is 3.99. The molecule has 0 aromatic heterocycles. The van der Waals surface area contributed by atoms with Crippen LogP contribution in [0.1, 0.15) is 32.1 Å². The molecule has 1 heterocycles. The molecule has 0 aromatic carbocycles. The van der Waals surface area contributed by atoms with Gasteiger partial charge in [-0.05, 0) is 31.6 Å². The molecule has 2 rings (SSSR count). The minimum absolute atomic E-state index is 0.0985. The molecule has 0 bridgehead atoms. The standard InChI is InChI=1S/C10H16BrNO/c11-9-5-2-6-12(10(9)13)7-8-3-1-4-8/h8-9H,1-7H2. The summed E-state index contributed by atoms with van der Waals surface area (Å²) in [6, 6.07) is 0. The number of carbonyl (C=O) groups is 1. The maximum Gasteiger partial charge on any atom is 0.236 e. The minimum Gasteiger partial charge on any atom is -0.341 e. The van der Waals surface area contributed by atoms with Crippen molar-refractivity contribution in [1.82, 2.24) is 4.90 Å². The van der Waals surface area contributed by atoms with Crippen molar-refractivity contribution < 1.29 is 4.79 Å². The van der Waals surface area contributed by atoms with E-state index >= 15 is 0 Å². The fourth-order valence-electron chi connectivity index (χ4n) is 2.06. The molecule has 13 heavy (non-hydrogen) atoms. The Labute approximate surface area is 87.8 Å². The molecule has 1 aliphatic heterocycles. The van der Waals surface area contributed by atoms with Gasteiger partial charge >= 0.3 is 0 Å². The quantitative estimate of drug-likeness (QED) is 0.684. The maximum absolute atomic E-state index is 11.7. The molecular weight excluding hydrogens is 230 g/mol. The highest BCUT2D eigenvalue weighted by Crippen LogP contribution is 2.29. The first kappa shape index (κ1) is 9.50. The Hall–Kier alpha value is -0.0500. The molecule has 1 saturated carbocycles. The van der Waals surface area contributed by atoms with E-state index in [9.17, 15) is 4.79 Å². The lowest BCUT2D eigenvalue weighted by Crippen LogP contribution is -2.45. The molecule has 0 radical (unpaired) electrons. The molecule has 0 N–H and O–H groups in total. The zero-order valence-corrected chi connectivity index (χ0v) is 9.42. The van der Waals surface area contributed by atoms with Gasteiger partial charge < -0.3 is 4.90 Å². The van der Waals surface area contributed by atoms with E-state index in [1.807, 2.05) is 4.90 Å². The summed E-state index contributed by atoms with van der Waals surface area (Å²) in [4.78, 5) is 13.8. The molecule has 1 aliphatic carbocycles. The van der Waals surface area contributed by atoms with Crippen LogP contribution in [0.15, 0.2) is 0 Å². The summed E-state index contributed by atoms with van der Waals surface area (Å²) in [5.74, 6) is 1.12. The van der Waals surface area contributed by atoms with Crippen LogP contribution in [0.5, 0.6) is 0 Å². The van der Waals surface area contributed by atoms with E-state index in [2.05, 4.69) is 15.9 Å². The third kappa shape index (κ3) is 2.06. The molecule has 2 aliphatic rings. The first-order valence-corrected chi connectivity index (χ1v) is 6.12. The van der Waals surface area contributed by atoms with Gasteiger partial charge in [-0.3, -0.25) is 4.79 Å². The highest BCUT2D eigenvalue weighted by Gasteiger charge is 2.29. The molecular formula is C10H16BrNO. The molecule has 0 aromatic rings. The lowest BCUT2D eigenvalue weighted by atomic mass is 9.85. The lowest BCUT2D eigenvalue weighted by molar-refractivity contribution is -0.133. The minimum atomic E-state index is 0.0985. The summed E-state index contributed by atoms with van der Waals surface area (Å²) in [6.07, 6.45) is 6.20. The van der Waals surface area contributed by atoms with Crippen molar-refractivity contribution >= 4 is 21.8 Å². The average Bonchev–Trinajstić information content (AvgIpc) is 2.04. The maximum atomic E-state index is 11.7. The second-order valence-electron chi connectivity index (χ2n) is 4.19. The molecule has 1 amide bonds. The van der Waals surface area contributed by atoms with Gasteiger partial charge in [-0.2, -0.15) is 0 Å². The fraction of sp³-hybridized carbons (Fsp3) is 0.900. The summed E-state index contributed by atoms with van der Waals surface area (Å²) in [7, 11) is 0. The lowest BCUT2D eigenvalue weighted by Gasteiger charge is -2.36. The largest absolute Gasteiger partial charge is 0.341 e. The van der Waals surface area contributed by atoms with Crippen molar-refractivity contribution in [3.63, 3.8) is 0 Å². The number of hydrogen-bond acceptors (Lipinski definition) is 1. The van der Waals surface area contributed by atoms with E-state index in [-0.39, 0.29) is 4.83 Å². The van der Waals surface area contributed by atoms with Gasteiger partial charge in [-0.25, -0.2) is 0 Å². The Balaban J connectivity index is 1.85. The SMILES string of the molecule is O=C1C(Br)CCCN1CC1CCC1. The van der Waals surface area contributed by atoms with Crippen molar-refractivity contribution in [2.75, 3.05) is 13.1 Å². The van der Waals surface area contributed by atoms with Gasteiger partial charge in [0.15, 0.2) is 0 Å². The van der Waals surface area contributed by atoms with Crippen LogP contribution in [0.2, 0.25) is 0 Å². The number of nitrogens with zero attached hydrogens (tertiary/aromatic N) is 1. The van der Waals surface area contributed by atoms with E-state index in [0.29, 0.717) is 5.91 Å². The van der Waals surface area contributed by atoms with E-state index in [1.165, 1.54) is 19.3 Å². The number of amides is 1. The predicted octanol–water partition coefficient (Wildman–Crippen LogP) is 2.17. The topological polar surface area (TPSA) is 20.3 Å². The van der Waals surface area contributed by atoms with Gasteiger partial charge in [0.2, 0.25) is 5.91 Å². The molecule has 3 heteroatoms.